The van der Waals surface area contributed by atoms with Gasteiger partial charge >= 0.3 is 0 Å². The molecule has 0 unspecified atom stereocenters. The van der Waals surface area contributed by atoms with Gasteiger partial charge in [0.25, 0.3) is 0 Å². The number of hydrogen-bond acceptors (Lipinski definition) is 0. The number of benzene rings is 4. The van der Waals surface area contributed by atoms with Crippen LogP contribution in [0.3, 0.4) is 0 Å². The summed E-state index contributed by atoms with van der Waals surface area (Å²) in [5.74, 6) is 0. The number of hydrogen-bond donors (Lipinski definition) is 0. The molecule has 4 radical (unpaired) electrons. The summed E-state index contributed by atoms with van der Waals surface area (Å²) in [6.07, 6.45) is 0. The molecule has 0 heterocycles. The van der Waals surface area contributed by atoms with Gasteiger partial charge in [-0.15, -0.1) is 119 Å². The maximum atomic E-state index is 2.15. The van der Waals surface area contributed by atoms with Crippen LogP contribution in [0.5, 0.6) is 0 Å². The smallest absolute Gasteiger partial charge is 0.0307 e. The van der Waals surface area contributed by atoms with E-state index in [9.17, 15) is 0 Å². The van der Waals surface area contributed by atoms with Crippen LogP contribution in [-0.4, -0.2) is 19.0 Å². The van der Waals surface area contributed by atoms with Crippen molar-refractivity contribution in [2.24, 2.45) is 0 Å². The fourth-order valence-corrected chi connectivity index (χ4v) is 4.28. The molecule has 0 amide bonds. The van der Waals surface area contributed by atoms with Gasteiger partial charge in [0.15, 0.2) is 0 Å². The minimum Gasteiger partial charge on any atom is -1.00 e. The summed E-state index contributed by atoms with van der Waals surface area (Å²) in [6.45, 7) is 8.61. The molecule has 0 aliphatic carbocycles. The van der Waals surface area contributed by atoms with Crippen molar-refractivity contribution in [2.45, 2.75) is 26.2 Å². The summed E-state index contributed by atoms with van der Waals surface area (Å²) in [7, 11) is 2.17. The van der Waals surface area contributed by atoms with Gasteiger partial charge in [-0.05, 0) is 0 Å². The van der Waals surface area contributed by atoms with Crippen molar-refractivity contribution in [3.8, 4) is 0 Å². The second kappa shape index (κ2) is 28.1. The van der Waals surface area contributed by atoms with E-state index in [2.05, 4.69) is 196 Å². The van der Waals surface area contributed by atoms with Gasteiger partial charge < -0.3 is 24.8 Å². The van der Waals surface area contributed by atoms with Gasteiger partial charge in [0.1, 0.15) is 0 Å². The Hall–Kier alpha value is -1.93. The SMILES string of the molecule is C[Si]C.C[Si]C.[Cl-].[Cl-].[Hf].[Hf].c1ccc2[cH-]ccc2c1.c1ccc2[cH-]ccc2c1.c1ccc2[cH-]ccc2c1.c1ccc2[cH-]ccc2c1. The van der Waals surface area contributed by atoms with E-state index in [0.29, 0.717) is 0 Å². The Balaban J connectivity index is 0. The fourth-order valence-electron chi connectivity index (χ4n) is 4.28. The minimum absolute atomic E-state index is 0. The molecule has 0 aliphatic rings. The molecular weight excluding hydrogens is 964 g/mol. The molecule has 0 saturated heterocycles. The number of fused-ring (bicyclic) bond motifs is 4. The van der Waals surface area contributed by atoms with Crippen LogP contribution in [-0.2, 0) is 51.7 Å². The molecule has 8 rings (SSSR count). The number of halogens is 2. The van der Waals surface area contributed by atoms with Gasteiger partial charge in [0.05, 0.1) is 0 Å². The Morgan fingerprint density at radius 1 is 0.326 bits per heavy atom. The summed E-state index contributed by atoms with van der Waals surface area (Å²) < 4.78 is 0. The Morgan fingerprint density at radius 3 is 0.674 bits per heavy atom. The largest absolute Gasteiger partial charge is 1.00 e. The van der Waals surface area contributed by atoms with Crippen molar-refractivity contribution < 1.29 is 76.5 Å². The average molecular weight is 1000 g/mol. The van der Waals surface area contributed by atoms with Crippen LogP contribution in [0.2, 0.25) is 26.2 Å². The zero-order valence-corrected chi connectivity index (χ0v) is 37.6. The van der Waals surface area contributed by atoms with Crippen LogP contribution in [0, 0.1) is 0 Å². The maximum Gasteiger partial charge on any atom is 0.0307 e. The summed E-state index contributed by atoms with van der Waals surface area (Å²) in [4.78, 5) is 0. The van der Waals surface area contributed by atoms with E-state index in [1.54, 1.807) is 0 Å². The summed E-state index contributed by atoms with van der Waals surface area (Å²) in [5, 5.41) is 10.6. The second-order valence-electron chi connectivity index (χ2n) is 9.62. The van der Waals surface area contributed by atoms with Gasteiger partial charge in [-0.25, -0.2) is 0 Å². The van der Waals surface area contributed by atoms with Crippen molar-refractivity contribution in [3.63, 3.8) is 0 Å². The van der Waals surface area contributed by atoms with Crippen molar-refractivity contribution in [1.82, 2.24) is 0 Å². The van der Waals surface area contributed by atoms with Crippen molar-refractivity contribution in [2.75, 3.05) is 0 Å². The van der Waals surface area contributed by atoms with Crippen molar-refractivity contribution in [1.29, 1.82) is 0 Å². The topological polar surface area (TPSA) is 0 Å². The third-order valence-electron chi connectivity index (χ3n) is 6.19. The first-order valence-corrected chi connectivity index (χ1v) is 18.3. The Bertz CT molecular complexity index is 1430. The van der Waals surface area contributed by atoms with Gasteiger partial charge in [0, 0.05) is 70.7 Å². The molecular formula is C40H40Cl2Hf2Si2-6. The van der Waals surface area contributed by atoms with Crippen molar-refractivity contribution >= 4 is 62.1 Å². The molecule has 0 saturated carbocycles. The normalized spacial score (nSPS) is 8.78. The van der Waals surface area contributed by atoms with Gasteiger partial charge in [0.2, 0.25) is 0 Å². The molecule has 46 heavy (non-hydrogen) atoms. The quantitative estimate of drug-likeness (QED) is 0.133. The summed E-state index contributed by atoms with van der Waals surface area (Å²) in [6, 6.07) is 58.7. The molecule has 8 aromatic rings. The summed E-state index contributed by atoms with van der Waals surface area (Å²) in [5.41, 5.74) is 0. The minimum atomic E-state index is 0. The van der Waals surface area contributed by atoms with Crippen LogP contribution < -0.4 is 24.8 Å². The standard InChI is InChI=1S/4C9H7.2C2H6Si.2ClH.2Hf/c4*1-2-5-9-7-3-6-8(9)4-1;2*1-3-2;;;;/h4*1-7H;2*1-2H3;2*1H;;/q4*-1;;;;;;/p-2. The number of rotatable bonds is 0. The molecule has 236 valence electrons. The average Bonchev–Trinajstić information content (AvgIpc) is 3.85. The van der Waals surface area contributed by atoms with E-state index in [4.69, 9.17) is 0 Å². The molecule has 0 N–H and O–H groups in total. The zero-order chi connectivity index (χ0) is 29.8. The van der Waals surface area contributed by atoms with E-state index < -0.39 is 0 Å². The molecule has 0 aliphatic heterocycles. The van der Waals surface area contributed by atoms with Crippen LogP contribution in [0.4, 0.5) is 0 Å². The van der Waals surface area contributed by atoms with E-state index in [0.717, 1.165) is 19.0 Å². The van der Waals surface area contributed by atoms with Crippen LogP contribution in [0.1, 0.15) is 0 Å². The molecule has 0 atom stereocenters. The van der Waals surface area contributed by atoms with Gasteiger partial charge in [-0.2, -0.15) is 70.1 Å². The second-order valence-corrected chi connectivity index (χ2v) is 11.6. The first kappa shape index (κ1) is 46.2. The summed E-state index contributed by atoms with van der Waals surface area (Å²) >= 11 is 0. The monoisotopic (exact) mass is 1010 g/mol. The molecule has 6 heteroatoms. The predicted octanol–water partition coefficient (Wildman–Crippen LogP) is 5.81. The molecule has 0 aromatic heterocycles. The van der Waals surface area contributed by atoms with Crippen LogP contribution in [0.15, 0.2) is 170 Å². The predicted molar refractivity (Wildman–Crippen MR) is 193 cm³/mol. The first-order valence-electron chi connectivity index (χ1n) is 14.3. The van der Waals surface area contributed by atoms with Crippen LogP contribution in [0.25, 0.3) is 43.1 Å². The van der Waals surface area contributed by atoms with Crippen LogP contribution >= 0.6 is 0 Å². The van der Waals surface area contributed by atoms with Gasteiger partial charge in [-0.1, -0.05) is 50.5 Å². The molecule has 0 bridgehead atoms. The van der Waals surface area contributed by atoms with E-state index in [1.807, 2.05) is 0 Å². The Morgan fingerprint density at radius 2 is 0.500 bits per heavy atom. The molecule has 0 spiro atoms. The Kier molecular flexibility index (Phi) is 28.2. The molecule has 0 nitrogen and oxygen atoms in total. The zero-order valence-electron chi connectivity index (χ0n) is 26.9. The maximum absolute atomic E-state index is 2.15. The van der Waals surface area contributed by atoms with Crippen molar-refractivity contribution in [3.05, 3.63) is 170 Å². The van der Waals surface area contributed by atoms with E-state index >= 15 is 0 Å². The third kappa shape index (κ3) is 16.3. The van der Waals surface area contributed by atoms with E-state index in [1.165, 1.54) is 43.1 Å². The first-order chi connectivity index (χ1) is 20.7. The molecule has 8 aromatic carbocycles. The fraction of sp³-hybridized carbons (Fsp3) is 0.100. The van der Waals surface area contributed by atoms with E-state index in [-0.39, 0.29) is 76.5 Å². The Labute approximate surface area is 331 Å². The third-order valence-corrected chi connectivity index (χ3v) is 6.19. The van der Waals surface area contributed by atoms with Gasteiger partial charge in [-0.3, -0.25) is 0 Å². The molecule has 0 fully saturated rings.